The van der Waals surface area contributed by atoms with Crippen molar-refractivity contribution in [1.29, 1.82) is 0 Å². The van der Waals surface area contributed by atoms with Gasteiger partial charge in [-0.1, -0.05) is 13.3 Å². The van der Waals surface area contributed by atoms with Gasteiger partial charge >= 0.3 is 0 Å². The first-order valence-electron chi connectivity index (χ1n) is 7.91. The highest BCUT2D eigenvalue weighted by molar-refractivity contribution is 7.27. The lowest BCUT2D eigenvalue weighted by molar-refractivity contribution is -0.134. The second-order valence-corrected chi connectivity index (χ2v) is 7.80. The van der Waals surface area contributed by atoms with Crippen molar-refractivity contribution in [1.82, 2.24) is 9.80 Å². The zero-order valence-corrected chi connectivity index (χ0v) is 14.8. The summed E-state index contributed by atoms with van der Waals surface area (Å²) < 4.78 is 2.33. The normalized spacial score (nSPS) is 16.8. The minimum absolute atomic E-state index is 0.00980. The molecule has 5 nitrogen and oxygen atoms in total. The molecule has 0 saturated carbocycles. The van der Waals surface area contributed by atoms with E-state index in [1.54, 1.807) is 27.6 Å². The standard InChI is InChI=1S/C16H21N3O2S2/c1-2-3-11(17)15(20)18-5-7-19(8-6-18)16(21)14-10-13-12(23-14)4-9-22-13/h4,9-11H,2-3,5-8,17H2,1H3. The number of nitrogens with zero attached hydrogens (tertiary/aromatic N) is 2. The Labute approximate surface area is 143 Å². The van der Waals surface area contributed by atoms with Gasteiger partial charge in [0.1, 0.15) is 0 Å². The number of carbonyl (C=O) groups is 2. The van der Waals surface area contributed by atoms with Crippen LogP contribution in [0.15, 0.2) is 17.5 Å². The van der Waals surface area contributed by atoms with Gasteiger partial charge in [0, 0.05) is 35.6 Å². The van der Waals surface area contributed by atoms with Crippen LogP contribution in [0.2, 0.25) is 0 Å². The molecule has 0 aliphatic carbocycles. The molecule has 1 aliphatic rings. The third-order valence-corrected chi connectivity index (χ3v) is 6.23. The molecule has 2 aromatic heterocycles. The number of carbonyl (C=O) groups excluding carboxylic acids is 2. The van der Waals surface area contributed by atoms with Crippen LogP contribution < -0.4 is 5.73 Å². The molecule has 0 radical (unpaired) electrons. The Bertz CT molecular complexity index is 673. The molecule has 1 atom stereocenters. The van der Waals surface area contributed by atoms with E-state index in [9.17, 15) is 9.59 Å². The first-order valence-corrected chi connectivity index (χ1v) is 9.60. The van der Waals surface area contributed by atoms with Crippen molar-refractivity contribution >= 4 is 43.9 Å². The van der Waals surface area contributed by atoms with E-state index in [1.807, 2.05) is 29.3 Å². The molecule has 1 saturated heterocycles. The van der Waals surface area contributed by atoms with E-state index in [-0.39, 0.29) is 11.8 Å². The predicted octanol–water partition coefficient (Wildman–Crippen LogP) is 2.37. The molecule has 124 valence electrons. The Balaban J connectivity index is 1.59. The van der Waals surface area contributed by atoms with E-state index in [1.165, 1.54) is 0 Å². The average Bonchev–Trinajstić information content (AvgIpc) is 3.15. The van der Waals surface area contributed by atoms with E-state index in [4.69, 9.17) is 5.73 Å². The first kappa shape index (κ1) is 16.4. The van der Waals surface area contributed by atoms with E-state index in [0.717, 1.165) is 20.7 Å². The summed E-state index contributed by atoms with van der Waals surface area (Å²) in [6, 6.07) is 3.61. The van der Waals surface area contributed by atoms with Gasteiger partial charge in [0.25, 0.3) is 5.91 Å². The van der Waals surface area contributed by atoms with Crippen molar-refractivity contribution in [2.75, 3.05) is 26.2 Å². The molecule has 0 spiro atoms. The zero-order valence-electron chi connectivity index (χ0n) is 13.2. The second kappa shape index (κ2) is 6.98. The molecule has 1 aliphatic heterocycles. The minimum atomic E-state index is -0.411. The van der Waals surface area contributed by atoms with Crippen LogP contribution in [0.25, 0.3) is 9.40 Å². The third-order valence-electron chi connectivity index (χ3n) is 4.15. The predicted molar refractivity (Wildman–Crippen MR) is 95.1 cm³/mol. The molecular formula is C16H21N3O2S2. The molecule has 3 heterocycles. The van der Waals surface area contributed by atoms with E-state index >= 15 is 0 Å². The quantitative estimate of drug-likeness (QED) is 0.920. The van der Waals surface area contributed by atoms with E-state index < -0.39 is 6.04 Å². The lowest BCUT2D eigenvalue weighted by atomic mass is 10.1. The van der Waals surface area contributed by atoms with Crippen LogP contribution in [0.3, 0.4) is 0 Å². The van der Waals surface area contributed by atoms with Crippen LogP contribution in [0.5, 0.6) is 0 Å². The molecule has 23 heavy (non-hydrogen) atoms. The van der Waals surface area contributed by atoms with Crippen LogP contribution in [-0.4, -0.2) is 53.8 Å². The Morgan fingerprint density at radius 3 is 2.57 bits per heavy atom. The summed E-state index contributed by atoms with van der Waals surface area (Å²) >= 11 is 3.20. The van der Waals surface area contributed by atoms with E-state index in [0.29, 0.717) is 32.6 Å². The maximum Gasteiger partial charge on any atom is 0.264 e. The van der Waals surface area contributed by atoms with Crippen LogP contribution in [0, 0.1) is 0 Å². The smallest absolute Gasteiger partial charge is 0.264 e. The molecule has 0 aromatic carbocycles. The van der Waals surface area contributed by atoms with Gasteiger partial charge < -0.3 is 15.5 Å². The lowest BCUT2D eigenvalue weighted by Crippen LogP contribution is -2.54. The molecule has 1 fully saturated rings. The van der Waals surface area contributed by atoms with Gasteiger partial charge in [-0.25, -0.2) is 0 Å². The van der Waals surface area contributed by atoms with Crippen LogP contribution >= 0.6 is 22.7 Å². The number of piperazine rings is 1. The second-order valence-electron chi connectivity index (χ2n) is 5.77. The Kier molecular flexibility index (Phi) is 4.99. The van der Waals surface area contributed by atoms with Crippen molar-refractivity contribution in [3.63, 3.8) is 0 Å². The number of amides is 2. The molecule has 0 bridgehead atoms. The molecule has 1 unspecified atom stereocenters. The van der Waals surface area contributed by atoms with Crippen molar-refractivity contribution in [2.24, 2.45) is 5.73 Å². The van der Waals surface area contributed by atoms with Gasteiger partial charge in [0.15, 0.2) is 0 Å². The van der Waals surface area contributed by atoms with Crippen LogP contribution in [0.1, 0.15) is 29.4 Å². The fourth-order valence-corrected chi connectivity index (χ4v) is 4.90. The van der Waals surface area contributed by atoms with Gasteiger partial charge in [-0.05, 0) is 23.9 Å². The van der Waals surface area contributed by atoms with Crippen molar-refractivity contribution < 1.29 is 9.59 Å². The summed E-state index contributed by atoms with van der Waals surface area (Å²) in [5.41, 5.74) is 5.91. The lowest BCUT2D eigenvalue weighted by Gasteiger charge is -2.35. The summed E-state index contributed by atoms with van der Waals surface area (Å²) in [4.78, 5) is 29.2. The fraction of sp³-hybridized carbons (Fsp3) is 0.500. The summed E-state index contributed by atoms with van der Waals surface area (Å²) in [5.74, 6) is 0.0824. The van der Waals surface area contributed by atoms with Crippen molar-refractivity contribution in [3.8, 4) is 0 Å². The summed E-state index contributed by atoms with van der Waals surface area (Å²) in [6.45, 7) is 4.32. The highest BCUT2D eigenvalue weighted by atomic mass is 32.1. The molecular weight excluding hydrogens is 330 g/mol. The highest BCUT2D eigenvalue weighted by Crippen LogP contribution is 2.30. The number of thiophene rings is 2. The molecule has 3 rings (SSSR count). The third kappa shape index (κ3) is 3.41. The van der Waals surface area contributed by atoms with Crippen LogP contribution in [0.4, 0.5) is 0 Å². The average molecular weight is 351 g/mol. The van der Waals surface area contributed by atoms with Crippen molar-refractivity contribution in [2.45, 2.75) is 25.8 Å². The molecule has 2 N–H and O–H groups in total. The van der Waals surface area contributed by atoms with Crippen LogP contribution in [-0.2, 0) is 4.79 Å². The number of nitrogens with two attached hydrogens (primary N) is 1. The Hall–Kier alpha value is -1.44. The van der Waals surface area contributed by atoms with Gasteiger partial charge in [0.05, 0.1) is 10.9 Å². The topological polar surface area (TPSA) is 66.6 Å². The van der Waals surface area contributed by atoms with Gasteiger partial charge in [-0.2, -0.15) is 0 Å². The number of fused-ring (bicyclic) bond motifs is 1. The summed E-state index contributed by atoms with van der Waals surface area (Å²) in [5, 5.41) is 2.04. The molecule has 2 aromatic rings. The fourth-order valence-electron chi connectivity index (χ4n) is 2.83. The van der Waals surface area contributed by atoms with Crippen molar-refractivity contribution in [3.05, 3.63) is 22.4 Å². The summed E-state index contributed by atoms with van der Waals surface area (Å²) in [6.07, 6.45) is 1.62. The number of hydrogen-bond acceptors (Lipinski definition) is 5. The van der Waals surface area contributed by atoms with E-state index in [2.05, 4.69) is 0 Å². The van der Waals surface area contributed by atoms with Gasteiger partial charge in [-0.3, -0.25) is 9.59 Å². The molecule has 7 heteroatoms. The van der Waals surface area contributed by atoms with Gasteiger partial charge in [0.2, 0.25) is 5.91 Å². The van der Waals surface area contributed by atoms with Gasteiger partial charge in [-0.15, -0.1) is 22.7 Å². The first-order chi connectivity index (χ1) is 11.1. The molecule has 2 amide bonds. The maximum atomic E-state index is 12.6. The largest absolute Gasteiger partial charge is 0.338 e. The Morgan fingerprint density at radius 2 is 1.91 bits per heavy atom. The zero-order chi connectivity index (χ0) is 16.4. The maximum absolute atomic E-state index is 12.6. The number of hydrogen-bond donors (Lipinski definition) is 1. The number of rotatable bonds is 4. The SMILES string of the molecule is CCCC(N)C(=O)N1CCN(C(=O)c2cc3sccc3s2)CC1. The Morgan fingerprint density at radius 1 is 1.22 bits per heavy atom. The monoisotopic (exact) mass is 351 g/mol. The summed E-state index contributed by atoms with van der Waals surface area (Å²) in [7, 11) is 0. The minimum Gasteiger partial charge on any atom is -0.338 e. The highest BCUT2D eigenvalue weighted by Gasteiger charge is 2.28.